The Balaban J connectivity index is 2.24. The van der Waals surface area contributed by atoms with E-state index < -0.39 is 0 Å². The van der Waals surface area contributed by atoms with Crippen LogP contribution in [-0.4, -0.2) is 37.4 Å². The van der Waals surface area contributed by atoms with Gasteiger partial charge in [-0.3, -0.25) is 0 Å². The molecule has 0 aliphatic carbocycles. The number of benzene rings is 1. The fraction of sp³-hybridized carbons (Fsp3) is 0.467. The zero-order valence-corrected chi connectivity index (χ0v) is 12.8. The van der Waals surface area contributed by atoms with Crippen LogP contribution in [0.1, 0.15) is 19.2 Å². The second-order valence-corrected chi connectivity index (χ2v) is 4.71. The molecule has 0 saturated heterocycles. The average Bonchev–Trinajstić information content (AvgIpc) is 3.00. The fourth-order valence-corrected chi connectivity index (χ4v) is 2.05. The van der Waals surface area contributed by atoms with Gasteiger partial charge in [0.2, 0.25) is 11.7 Å². The summed E-state index contributed by atoms with van der Waals surface area (Å²) in [7, 11) is 5.15. The number of methoxy groups -OCH3 is 2. The van der Waals surface area contributed by atoms with E-state index in [1.165, 1.54) is 0 Å². The van der Waals surface area contributed by atoms with Crippen LogP contribution in [0.2, 0.25) is 0 Å². The van der Waals surface area contributed by atoms with Crippen LogP contribution < -0.4 is 14.8 Å². The average molecular weight is 291 g/mol. The zero-order chi connectivity index (χ0) is 15.2. The second-order valence-electron chi connectivity index (χ2n) is 4.71. The van der Waals surface area contributed by atoms with Crippen molar-refractivity contribution in [1.29, 1.82) is 0 Å². The van der Waals surface area contributed by atoms with Crippen LogP contribution in [0.5, 0.6) is 11.5 Å². The van der Waals surface area contributed by atoms with Crippen molar-refractivity contribution in [2.75, 3.05) is 21.3 Å². The van der Waals surface area contributed by atoms with E-state index in [1.54, 1.807) is 20.3 Å². The highest BCUT2D eigenvalue weighted by molar-refractivity contribution is 5.60. The molecule has 0 radical (unpaired) electrons. The summed E-state index contributed by atoms with van der Waals surface area (Å²) in [6.07, 6.45) is 1.71. The van der Waals surface area contributed by atoms with Gasteiger partial charge < -0.3 is 19.3 Å². The summed E-state index contributed by atoms with van der Waals surface area (Å²) >= 11 is 0. The molecule has 2 aromatic rings. The molecule has 0 bridgehead atoms. The van der Waals surface area contributed by atoms with Crippen molar-refractivity contribution in [1.82, 2.24) is 15.5 Å². The van der Waals surface area contributed by atoms with E-state index in [4.69, 9.17) is 14.0 Å². The van der Waals surface area contributed by atoms with E-state index in [0.29, 0.717) is 35.7 Å². The van der Waals surface area contributed by atoms with Gasteiger partial charge in [-0.05, 0) is 25.6 Å². The number of nitrogens with zero attached hydrogens (tertiary/aromatic N) is 2. The molecular formula is C15H21N3O3. The third-order valence-corrected chi connectivity index (χ3v) is 3.40. The lowest BCUT2D eigenvalue weighted by molar-refractivity contribution is 0.359. The number of hydrogen-bond donors (Lipinski definition) is 1. The molecule has 0 amide bonds. The molecular weight excluding hydrogens is 270 g/mol. The molecule has 0 fully saturated rings. The Kier molecular flexibility index (Phi) is 5.16. The topological polar surface area (TPSA) is 69.4 Å². The van der Waals surface area contributed by atoms with Crippen LogP contribution in [-0.2, 0) is 6.42 Å². The van der Waals surface area contributed by atoms with Crippen molar-refractivity contribution in [3.8, 4) is 22.9 Å². The SMILES string of the molecule is CCC(Cc1nc(-c2cc(OC)cc(OC)c2)no1)NC. The Morgan fingerprint density at radius 3 is 2.38 bits per heavy atom. The van der Waals surface area contributed by atoms with Gasteiger partial charge in [0.25, 0.3) is 0 Å². The highest BCUT2D eigenvalue weighted by Crippen LogP contribution is 2.28. The lowest BCUT2D eigenvalue weighted by Gasteiger charge is -2.09. The first-order valence-corrected chi connectivity index (χ1v) is 6.93. The van der Waals surface area contributed by atoms with Crippen molar-refractivity contribution in [2.24, 2.45) is 0 Å². The number of nitrogens with one attached hydrogen (secondary N) is 1. The minimum absolute atomic E-state index is 0.332. The van der Waals surface area contributed by atoms with E-state index in [-0.39, 0.29) is 0 Å². The van der Waals surface area contributed by atoms with E-state index in [9.17, 15) is 0 Å². The summed E-state index contributed by atoms with van der Waals surface area (Å²) in [5.74, 6) is 2.54. The normalized spacial score (nSPS) is 12.2. The van der Waals surface area contributed by atoms with Gasteiger partial charge in [-0.25, -0.2) is 0 Å². The zero-order valence-electron chi connectivity index (χ0n) is 12.8. The lowest BCUT2D eigenvalue weighted by Crippen LogP contribution is -2.26. The summed E-state index contributed by atoms with van der Waals surface area (Å²) in [6, 6.07) is 5.84. The molecule has 6 nitrogen and oxygen atoms in total. The van der Waals surface area contributed by atoms with Gasteiger partial charge in [-0.2, -0.15) is 4.98 Å². The third kappa shape index (κ3) is 3.72. The standard InChI is InChI=1S/C15H21N3O3/c1-5-11(16-2)8-14-17-15(18-21-14)10-6-12(19-3)9-13(7-10)20-4/h6-7,9,11,16H,5,8H2,1-4H3. The minimum atomic E-state index is 0.332. The number of rotatable bonds is 7. The van der Waals surface area contributed by atoms with Gasteiger partial charge in [0.1, 0.15) is 11.5 Å². The maximum absolute atomic E-state index is 5.32. The van der Waals surface area contributed by atoms with Crippen LogP contribution in [0.15, 0.2) is 22.7 Å². The summed E-state index contributed by atoms with van der Waals surface area (Å²) in [6.45, 7) is 2.12. The maximum atomic E-state index is 5.32. The first-order chi connectivity index (χ1) is 10.2. The Hall–Kier alpha value is -2.08. The number of ether oxygens (including phenoxy) is 2. The van der Waals surface area contributed by atoms with Crippen LogP contribution in [0.25, 0.3) is 11.4 Å². The van der Waals surface area contributed by atoms with Crippen LogP contribution >= 0.6 is 0 Å². The summed E-state index contributed by atoms with van der Waals surface area (Å²) < 4.78 is 15.8. The molecule has 6 heteroatoms. The molecule has 1 N–H and O–H groups in total. The maximum Gasteiger partial charge on any atom is 0.228 e. The van der Waals surface area contributed by atoms with Gasteiger partial charge in [0.15, 0.2) is 0 Å². The molecule has 114 valence electrons. The van der Waals surface area contributed by atoms with Crippen LogP contribution in [0, 0.1) is 0 Å². The van der Waals surface area contributed by atoms with E-state index in [0.717, 1.165) is 12.0 Å². The van der Waals surface area contributed by atoms with Gasteiger partial charge in [-0.1, -0.05) is 12.1 Å². The van der Waals surface area contributed by atoms with Gasteiger partial charge in [0, 0.05) is 24.1 Å². The fourth-order valence-electron chi connectivity index (χ4n) is 2.05. The van der Waals surface area contributed by atoms with Crippen molar-refractivity contribution >= 4 is 0 Å². The molecule has 0 spiro atoms. The first-order valence-electron chi connectivity index (χ1n) is 6.93. The Morgan fingerprint density at radius 1 is 1.19 bits per heavy atom. The molecule has 1 heterocycles. The number of hydrogen-bond acceptors (Lipinski definition) is 6. The molecule has 2 rings (SSSR count). The molecule has 21 heavy (non-hydrogen) atoms. The minimum Gasteiger partial charge on any atom is -0.497 e. The van der Waals surface area contributed by atoms with Gasteiger partial charge in [0.05, 0.1) is 14.2 Å². The number of aromatic nitrogens is 2. The highest BCUT2D eigenvalue weighted by atomic mass is 16.5. The van der Waals surface area contributed by atoms with Crippen LogP contribution in [0.3, 0.4) is 0 Å². The third-order valence-electron chi connectivity index (χ3n) is 3.40. The predicted octanol–water partition coefficient (Wildman–Crippen LogP) is 2.29. The molecule has 1 unspecified atom stereocenters. The first kappa shape index (κ1) is 15.3. The summed E-state index contributed by atoms with van der Waals surface area (Å²) in [5, 5.41) is 7.25. The quantitative estimate of drug-likeness (QED) is 0.844. The molecule has 0 aliphatic rings. The summed E-state index contributed by atoms with van der Waals surface area (Å²) in [4.78, 5) is 4.44. The molecule has 1 aromatic carbocycles. The number of likely N-dealkylation sites (N-methyl/N-ethyl adjacent to an activating group) is 1. The Bertz CT molecular complexity index is 557. The van der Waals surface area contributed by atoms with Crippen molar-refractivity contribution in [3.63, 3.8) is 0 Å². The van der Waals surface area contributed by atoms with E-state index in [1.807, 2.05) is 19.2 Å². The second kappa shape index (κ2) is 7.08. The van der Waals surface area contributed by atoms with Gasteiger partial charge in [-0.15, -0.1) is 0 Å². The smallest absolute Gasteiger partial charge is 0.228 e. The van der Waals surface area contributed by atoms with Crippen molar-refractivity contribution in [2.45, 2.75) is 25.8 Å². The van der Waals surface area contributed by atoms with Crippen molar-refractivity contribution in [3.05, 3.63) is 24.1 Å². The van der Waals surface area contributed by atoms with Gasteiger partial charge >= 0.3 is 0 Å². The molecule has 1 aromatic heterocycles. The highest BCUT2D eigenvalue weighted by Gasteiger charge is 2.14. The Labute approximate surface area is 124 Å². The van der Waals surface area contributed by atoms with E-state index in [2.05, 4.69) is 22.4 Å². The lowest BCUT2D eigenvalue weighted by atomic mass is 10.1. The Morgan fingerprint density at radius 2 is 1.86 bits per heavy atom. The molecule has 0 saturated carbocycles. The molecule has 1 atom stereocenters. The van der Waals surface area contributed by atoms with E-state index >= 15 is 0 Å². The summed E-state index contributed by atoms with van der Waals surface area (Å²) in [5.41, 5.74) is 0.804. The van der Waals surface area contributed by atoms with Crippen molar-refractivity contribution < 1.29 is 14.0 Å². The predicted molar refractivity (Wildman–Crippen MR) is 79.7 cm³/mol. The van der Waals surface area contributed by atoms with Crippen LogP contribution in [0.4, 0.5) is 0 Å². The largest absolute Gasteiger partial charge is 0.497 e. The monoisotopic (exact) mass is 291 g/mol. The molecule has 0 aliphatic heterocycles.